The average Bonchev–Trinajstić information content (AvgIpc) is 2.52. The van der Waals surface area contributed by atoms with E-state index in [4.69, 9.17) is 5.11 Å². The highest BCUT2D eigenvalue weighted by Gasteiger charge is 2.40. The van der Waals surface area contributed by atoms with Crippen LogP contribution in [0, 0.1) is 0 Å². The molecule has 14 heavy (non-hydrogen) atoms. The molecule has 1 saturated carbocycles. The van der Waals surface area contributed by atoms with Gasteiger partial charge in [0.1, 0.15) is 5.56 Å². The van der Waals surface area contributed by atoms with E-state index in [-0.39, 0.29) is 5.41 Å². The van der Waals surface area contributed by atoms with E-state index in [1.807, 2.05) is 0 Å². The van der Waals surface area contributed by atoms with Crippen molar-refractivity contribution in [3.05, 3.63) is 17.5 Å². The molecule has 1 aliphatic rings. The molecular weight excluding hydrogens is 180 g/mol. The van der Waals surface area contributed by atoms with Crippen molar-refractivity contribution in [2.24, 2.45) is 0 Å². The molecule has 1 aliphatic carbocycles. The van der Waals surface area contributed by atoms with Crippen LogP contribution in [0.4, 0.5) is 0 Å². The van der Waals surface area contributed by atoms with E-state index < -0.39 is 5.97 Å². The van der Waals surface area contributed by atoms with Gasteiger partial charge in [-0.1, -0.05) is 13.3 Å². The lowest BCUT2D eigenvalue weighted by Gasteiger charge is -2.40. The predicted octanol–water partition coefficient (Wildman–Crippen LogP) is 1.94. The summed E-state index contributed by atoms with van der Waals surface area (Å²) in [6, 6.07) is 0. The van der Waals surface area contributed by atoms with Crippen molar-refractivity contribution in [3.8, 4) is 0 Å². The van der Waals surface area contributed by atoms with E-state index in [9.17, 15) is 4.79 Å². The molecule has 76 valence electrons. The van der Waals surface area contributed by atoms with Crippen LogP contribution in [0.5, 0.6) is 0 Å². The summed E-state index contributed by atoms with van der Waals surface area (Å²) < 4.78 is 0. The first-order valence-electron chi connectivity index (χ1n) is 4.97. The van der Waals surface area contributed by atoms with Crippen molar-refractivity contribution < 1.29 is 9.90 Å². The number of carboxylic acid groups (broad SMARTS) is 1. The Bertz CT molecular complexity index is 347. The van der Waals surface area contributed by atoms with Crippen LogP contribution in [0.2, 0.25) is 0 Å². The molecule has 0 spiro atoms. The summed E-state index contributed by atoms with van der Waals surface area (Å²) in [5.74, 6) is -0.881. The number of aromatic nitrogens is 2. The number of H-pyrrole nitrogens is 1. The van der Waals surface area contributed by atoms with Crippen molar-refractivity contribution in [1.29, 1.82) is 0 Å². The summed E-state index contributed by atoms with van der Waals surface area (Å²) in [5.41, 5.74) is 1.22. The van der Waals surface area contributed by atoms with Gasteiger partial charge in [0, 0.05) is 5.41 Å². The molecule has 0 aromatic carbocycles. The molecule has 0 bridgehead atoms. The van der Waals surface area contributed by atoms with E-state index in [1.54, 1.807) is 0 Å². The highest BCUT2D eigenvalue weighted by Crippen LogP contribution is 2.46. The smallest absolute Gasteiger partial charge is 0.339 e. The Kier molecular flexibility index (Phi) is 2.06. The monoisotopic (exact) mass is 194 g/mol. The van der Waals surface area contributed by atoms with Gasteiger partial charge in [-0.15, -0.1) is 0 Å². The normalized spacial score (nSPS) is 18.9. The molecular formula is C10H14N2O2. The van der Waals surface area contributed by atoms with Crippen LogP contribution in [0.15, 0.2) is 6.20 Å². The number of aromatic amines is 1. The minimum absolute atomic E-state index is 0.0597. The van der Waals surface area contributed by atoms with Crippen LogP contribution in [0.1, 0.15) is 48.7 Å². The maximum absolute atomic E-state index is 10.9. The zero-order chi connectivity index (χ0) is 10.2. The van der Waals surface area contributed by atoms with Gasteiger partial charge in [0.05, 0.1) is 11.9 Å². The number of nitrogens with one attached hydrogen (secondary N) is 1. The molecule has 1 aromatic heterocycles. The molecule has 4 heteroatoms. The van der Waals surface area contributed by atoms with Crippen LogP contribution in [0.25, 0.3) is 0 Å². The number of carboxylic acids is 1. The van der Waals surface area contributed by atoms with Crippen molar-refractivity contribution in [2.75, 3.05) is 0 Å². The Morgan fingerprint density at radius 2 is 2.43 bits per heavy atom. The van der Waals surface area contributed by atoms with E-state index in [0.29, 0.717) is 5.56 Å². The molecule has 0 amide bonds. The fraction of sp³-hybridized carbons (Fsp3) is 0.600. The van der Waals surface area contributed by atoms with Gasteiger partial charge in [-0.3, -0.25) is 5.10 Å². The zero-order valence-corrected chi connectivity index (χ0v) is 8.21. The highest BCUT2D eigenvalue weighted by molar-refractivity contribution is 5.89. The van der Waals surface area contributed by atoms with Gasteiger partial charge in [0.2, 0.25) is 0 Å². The summed E-state index contributed by atoms with van der Waals surface area (Å²) in [7, 11) is 0. The van der Waals surface area contributed by atoms with Gasteiger partial charge in [0.15, 0.2) is 0 Å². The third-order valence-electron chi connectivity index (χ3n) is 3.39. The molecule has 2 N–H and O–H groups in total. The first kappa shape index (κ1) is 9.24. The molecule has 0 saturated heterocycles. The van der Waals surface area contributed by atoms with E-state index in [0.717, 1.165) is 25.0 Å². The molecule has 4 nitrogen and oxygen atoms in total. The third kappa shape index (κ3) is 1.14. The fourth-order valence-corrected chi connectivity index (χ4v) is 2.24. The minimum Gasteiger partial charge on any atom is -0.478 e. The Morgan fingerprint density at radius 1 is 1.71 bits per heavy atom. The van der Waals surface area contributed by atoms with Gasteiger partial charge in [-0.25, -0.2) is 4.79 Å². The molecule has 1 fully saturated rings. The largest absolute Gasteiger partial charge is 0.478 e. The van der Waals surface area contributed by atoms with Crippen LogP contribution >= 0.6 is 0 Å². The lowest BCUT2D eigenvalue weighted by Crippen LogP contribution is -2.35. The number of aromatic carboxylic acids is 1. The summed E-state index contributed by atoms with van der Waals surface area (Å²) in [5, 5.41) is 15.7. The quantitative estimate of drug-likeness (QED) is 0.772. The number of rotatable bonds is 3. The fourth-order valence-electron chi connectivity index (χ4n) is 2.24. The van der Waals surface area contributed by atoms with Crippen molar-refractivity contribution in [2.45, 2.75) is 38.0 Å². The maximum Gasteiger partial charge on any atom is 0.339 e. The number of carbonyl (C=O) groups is 1. The summed E-state index contributed by atoms with van der Waals surface area (Å²) in [6.45, 7) is 2.10. The van der Waals surface area contributed by atoms with Crippen molar-refractivity contribution in [1.82, 2.24) is 10.2 Å². The third-order valence-corrected chi connectivity index (χ3v) is 3.39. The molecule has 0 aliphatic heterocycles. The van der Waals surface area contributed by atoms with Crippen molar-refractivity contribution >= 4 is 5.97 Å². The van der Waals surface area contributed by atoms with Crippen LogP contribution in [0.3, 0.4) is 0 Å². The average molecular weight is 194 g/mol. The molecule has 0 atom stereocenters. The minimum atomic E-state index is -0.881. The first-order chi connectivity index (χ1) is 6.69. The van der Waals surface area contributed by atoms with Crippen LogP contribution in [-0.4, -0.2) is 21.3 Å². The maximum atomic E-state index is 10.9. The summed E-state index contributed by atoms with van der Waals surface area (Å²) in [6.07, 6.45) is 5.73. The Hall–Kier alpha value is -1.32. The topological polar surface area (TPSA) is 66.0 Å². The number of hydrogen-bond acceptors (Lipinski definition) is 2. The summed E-state index contributed by atoms with van der Waals surface area (Å²) in [4.78, 5) is 10.9. The molecule has 1 aromatic rings. The second kappa shape index (κ2) is 3.12. The van der Waals surface area contributed by atoms with Gasteiger partial charge in [-0.05, 0) is 19.3 Å². The van der Waals surface area contributed by atoms with E-state index in [1.165, 1.54) is 12.6 Å². The van der Waals surface area contributed by atoms with Crippen LogP contribution < -0.4 is 0 Å². The van der Waals surface area contributed by atoms with E-state index >= 15 is 0 Å². The van der Waals surface area contributed by atoms with Gasteiger partial charge in [0.25, 0.3) is 0 Å². The molecule has 0 radical (unpaired) electrons. The van der Waals surface area contributed by atoms with Crippen LogP contribution in [-0.2, 0) is 5.41 Å². The second-order valence-electron chi connectivity index (χ2n) is 3.95. The van der Waals surface area contributed by atoms with Crippen molar-refractivity contribution in [3.63, 3.8) is 0 Å². The standard InChI is InChI=1S/C10H14N2O2/c1-2-10(4-3-5-10)8-7(9(13)14)6-11-12-8/h6H,2-5H2,1H3,(H,11,12)(H,13,14). The SMILES string of the molecule is CCC1(c2[nH]ncc2C(=O)O)CCC1. The summed E-state index contributed by atoms with van der Waals surface area (Å²) >= 11 is 0. The molecule has 0 unspecified atom stereocenters. The lowest BCUT2D eigenvalue weighted by atomic mass is 9.64. The Balaban J connectivity index is 2.39. The predicted molar refractivity (Wildman–Crippen MR) is 51.4 cm³/mol. The molecule has 2 rings (SSSR count). The molecule has 1 heterocycles. The van der Waals surface area contributed by atoms with Gasteiger partial charge >= 0.3 is 5.97 Å². The zero-order valence-electron chi connectivity index (χ0n) is 8.21. The first-order valence-corrected chi connectivity index (χ1v) is 4.97. The second-order valence-corrected chi connectivity index (χ2v) is 3.95. The van der Waals surface area contributed by atoms with Gasteiger partial charge < -0.3 is 5.11 Å². The number of nitrogens with zero attached hydrogens (tertiary/aromatic N) is 1. The lowest BCUT2D eigenvalue weighted by molar-refractivity contribution is 0.0690. The Morgan fingerprint density at radius 3 is 2.86 bits per heavy atom. The highest BCUT2D eigenvalue weighted by atomic mass is 16.4. The van der Waals surface area contributed by atoms with Gasteiger partial charge in [-0.2, -0.15) is 5.10 Å². The van der Waals surface area contributed by atoms with E-state index in [2.05, 4.69) is 17.1 Å². The Labute approximate surface area is 82.3 Å². The number of hydrogen-bond donors (Lipinski definition) is 2.